The van der Waals surface area contributed by atoms with Crippen molar-refractivity contribution in [3.63, 3.8) is 0 Å². The Balaban J connectivity index is 2.10. The van der Waals surface area contributed by atoms with E-state index in [4.69, 9.17) is 5.73 Å². The van der Waals surface area contributed by atoms with Gasteiger partial charge in [-0.25, -0.2) is 4.79 Å². The molecule has 1 aromatic heterocycles. The maximum absolute atomic E-state index is 11.9. The van der Waals surface area contributed by atoms with Gasteiger partial charge in [-0.3, -0.25) is 4.79 Å². The van der Waals surface area contributed by atoms with Crippen molar-refractivity contribution in [1.29, 1.82) is 0 Å². The van der Waals surface area contributed by atoms with Crippen molar-refractivity contribution < 1.29 is 9.21 Å². The number of nitrogens with one attached hydrogen (secondary N) is 1. The average molecular weight is 236 g/mol. The summed E-state index contributed by atoms with van der Waals surface area (Å²) in [6.07, 6.45) is 3.36. The number of amides is 1. The standard InChI is InChI=1S/C12H16N2O3/c1-12(7-13,9-3-4-9)14-11(16)8-2-5-10(15)17-6-8/h2,5-6,9H,3-4,7,13H2,1H3,(H,14,16). The molecule has 1 atom stereocenters. The van der Waals surface area contributed by atoms with Crippen LogP contribution in [-0.2, 0) is 0 Å². The quantitative estimate of drug-likeness (QED) is 0.797. The molecule has 1 heterocycles. The summed E-state index contributed by atoms with van der Waals surface area (Å²) < 4.78 is 4.66. The fourth-order valence-corrected chi connectivity index (χ4v) is 1.86. The van der Waals surface area contributed by atoms with Crippen LogP contribution in [0.2, 0.25) is 0 Å². The van der Waals surface area contributed by atoms with Crippen LogP contribution in [0.25, 0.3) is 0 Å². The lowest BCUT2D eigenvalue weighted by Gasteiger charge is -2.29. The van der Waals surface area contributed by atoms with Crippen molar-refractivity contribution in [2.24, 2.45) is 11.7 Å². The number of hydrogen-bond acceptors (Lipinski definition) is 4. The van der Waals surface area contributed by atoms with Gasteiger partial charge in [-0.05, 0) is 31.7 Å². The summed E-state index contributed by atoms with van der Waals surface area (Å²) in [6, 6.07) is 2.68. The van der Waals surface area contributed by atoms with E-state index in [-0.39, 0.29) is 11.4 Å². The lowest BCUT2D eigenvalue weighted by Crippen LogP contribution is -2.53. The molecule has 1 amide bonds. The van der Waals surface area contributed by atoms with Gasteiger partial charge in [0.2, 0.25) is 0 Å². The van der Waals surface area contributed by atoms with Crippen LogP contribution in [0.5, 0.6) is 0 Å². The highest BCUT2D eigenvalue weighted by Crippen LogP contribution is 2.39. The number of rotatable bonds is 4. The van der Waals surface area contributed by atoms with Gasteiger partial charge in [-0.15, -0.1) is 0 Å². The maximum atomic E-state index is 11.9. The van der Waals surface area contributed by atoms with E-state index >= 15 is 0 Å². The van der Waals surface area contributed by atoms with Crippen LogP contribution in [0.3, 0.4) is 0 Å². The van der Waals surface area contributed by atoms with Crippen LogP contribution in [0, 0.1) is 5.92 Å². The molecule has 1 aromatic rings. The predicted molar refractivity (Wildman–Crippen MR) is 62.6 cm³/mol. The van der Waals surface area contributed by atoms with Gasteiger partial charge >= 0.3 is 5.63 Å². The minimum atomic E-state index is -0.467. The number of hydrogen-bond donors (Lipinski definition) is 2. The molecule has 0 bridgehead atoms. The smallest absolute Gasteiger partial charge is 0.335 e. The highest BCUT2D eigenvalue weighted by atomic mass is 16.4. The molecule has 1 aliphatic carbocycles. The van der Waals surface area contributed by atoms with E-state index in [2.05, 4.69) is 9.73 Å². The fourth-order valence-electron chi connectivity index (χ4n) is 1.86. The lowest BCUT2D eigenvalue weighted by atomic mass is 9.95. The Labute approximate surface area is 99.0 Å². The van der Waals surface area contributed by atoms with Gasteiger partial charge in [-0.1, -0.05) is 0 Å². The second kappa shape index (κ2) is 4.33. The van der Waals surface area contributed by atoms with E-state index in [1.54, 1.807) is 0 Å². The van der Waals surface area contributed by atoms with Crippen LogP contribution in [-0.4, -0.2) is 18.0 Å². The molecule has 1 fully saturated rings. The molecular formula is C12H16N2O3. The normalized spacial score (nSPS) is 18.5. The average Bonchev–Trinajstić information content (AvgIpc) is 3.13. The van der Waals surface area contributed by atoms with E-state index in [1.165, 1.54) is 18.4 Å². The van der Waals surface area contributed by atoms with Crippen LogP contribution in [0.15, 0.2) is 27.6 Å². The Kier molecular flexibility index (Phi) is 3.02. The van der Waals surface area contributed by atoms with Crippen LogP contribution < -0.4 is 16.7 Å². The Bertz CT molecular complexity index is 458. The zero-order chi connectivity index (χ0) is 12.5. The molecule has 5 heteroatoms. The monoisotopic (exact) mass is 236 g/mol. The summed E-state index contributed by atoms with van der Waals surface area (Å²) in [5.41, 5.74) is 5.21. The fraction of sp³-hybridized carbons (Fsp3) is 0.500. The first-order valence-electron chi connectivity index (χ1n) is 5.66. The molecule has 1 unspecified atom stereocenters. The van der Waals surface area contributed by atoms with Crippen LogP contribution in [0.1, 0.15) is 30.1 Å². The summed E-state index contributed by atoms with van der Waals surface area (Å²) in [5, 5.41) is 2.91. The molecule has 1 saturated carbocycles. The second-order valence-electron chi connectivity index (χ2n) is 4.69. The second-order valence-corrected chi connectivity index (χ2v) is 4.69. The van der Waals surface area contributed by atoms with Gasteiger partial charge in [-0.2, -0.15) is 0 Å². The van der Waals surface area contributed by atoms with Gasteiger partial charge in [0.15, 0.2) is 0 Å². The van der Waals surface area contributed by atoms with Crippen LogP contribution in [0.4, 0.5) is 0 Å². The Morgan fingerprint density at radius 3 is 2.76 bits per heavy atom. The van der Waals surface area contributed by atoms with Gasteiger partial charge in [0.05, 0.1) is 11.1 Å². The van der Waals surface area contributed by atoms with Crippen molar-refractivity contribution in [3.8, 4) is 0 Å². The number of carbonyl (C=O) groups is 1. The zero-order valence-corrected chi connectivity index (χ0v) is 9.73. The molecule has 1 aliphatic rings. The molecule has 5 nitrogen and oxygen atoms in total. The van der Waals surface area contributed by atoms with Crippen molar-refractivity contribution in [2.75, 3.05) is 6.54 Å². The molecule has 2 rings (SSSR count). The van der Waals surface area contributed by atoms with Gasteiger partial charge < -0.3 is 15.5 Å². The summed E-state index contributed by atoms with van der Waals surface area (Å²) in [6.45, 7) is 2.35. The minimum Gasteiger partial charge on any atom is -0.430 e. The molecule has 0 aromatic carbocycles. The molecule has 17 heavy (non-hydrogen) atoms. The lowest BCUT2D eigenvalue weighted by molar-refractivity contribution is 0.0895. The largest absolute Gasteiger partial charge is 0.430 e. The van der Waals surface area contributed by atoms with E-state index in [0.717, 1.165) is 12.8 Å². The Morgan fingerprint density at radius 2 is 2.29 bits per heavy atom. The Hall–Kier alpha value is -1.62. The summed E-state index contributed by atoms with van der Waals surface area (Å²) >= 11 is 0. The highest BCUT2D eigenvalue weighted by molar-refractivity contribution is 5.94. The highest BCUT2D eigenvalue weighted by Gasteiger charge is 2.41. The molecule has 3 N–H and O–H groups in total. The van der Waals surface area contributed by atoms with Gasteiger partial charge in [0.25, 0.3) is 5.91 Å². The first kappa shape index (κ1) is 11.9. The van der Waals surface area contributed by atoms with Crippen molar-refractivity contribution >= 4 is 5.91 Å². The summed E-state index contributed by atoms with van der Waals surface area (Å²) in [4.78, 5) is 22.7. The number of nitrogens with two attached hydrogens (primary N) is 1. The molecule has 0 radical (unpaired) electrons. The summed E-state index contributed by atoms with van der Waals surface area (Å²) in [7, 11) is 0. The van der Waals surface area contributed by atoms with Gasteiger partial charge in [0.1, 0.15) is 6.26 Å². The SMILES string of the molecule is CC(CN)(NC(=O)c1ccc(=O)oc1)C1CC1. The topological polar surface area (TPSA) is 85.3 Å². The maximum Gasteiger partial charge on any atom is 0.335 e. The summed E-state index contributed by atoms with van der Waals surface area (Å²) in [5.74, 6) is 0.195. The third-order valence-corrected chi connectivity index (χ3v) is 3.26. The minimum absolute atomic E-state index is 0.256. The molecule has 0 spiro atoms. The Morgan fingerprint density at radius 1 is 1.59 bits per heavy atom. The van der Waals surface area contributed by atoms with Crippen molar-refractivity contribution in [1.82, 2.24) is 5.32 Å². The third-order valence-electron chi connectivity index (χ3n) is 3.26. The third kappa shape index (κ3) is 2.55. The first-order chi connectivity index (χ1) is 8.05. The van der Waals surface area contributed by atoms with E-state index in [0.29, 0.717) is 18.0 Å². The van der Waals surface area contributed by atoms with Gasteiger partial charge in [0, 0.05) is 12.6 Å². The van der Waals surface area contributed by atoms with Crippen LogP contribution >= 0.6 is 0 Å². The predicted octanol–water partition coefficient (Wildman–Crippen LogP) is 0.497. The molecular weight excluding hydrogens is 220 g/mol. The van der Waals surface area contributed by atoms with E-state index in [9.17, 15) is 9.59 Å². The molecule has 92 valence electrons. The van der Waals surface area contributed by atoms with E-state index < -0.39 is 5.63 Å². The molecule has 0 saturated heterocycles. The number of carbonyl (C=O) groups excluding carboxylic acids is 1. The first-order valence-corrected chi connectivity index (χ1v) is 5.66. The van der Waals surface area contributed by atoms with Crippen molar-refractivity contribution in [2.45, 2.75) is 25.3 Å². The zero-order valence-electron chi connectivity index (χ0n) is 9.73. The van der Waals surface area contributed by atoms with Crippen molar-refractivity contribution in [3.05, 3.63) is 34.4 Å². The molecule has 0 aliphatic heterocycles. The van der Waals surface area contributed by atoms with E-state index in [1.807, 2.05) is 6.92 Å².